The van der Waals surface area contributed by atoms with Crippen molar-refractivity contribution in [3.8, 4) is 12.1 Å². The van der Waals surface area contributed by atoms with Crippen LogP contribution in [-0.2, 0) is 0 Å². The molecule has 0 bridgehead atoms. The zero-order valence-corrected chi connectivity index (χ0v) is 9.03. The van der Waals surface area contributed by atoms with Crippen molar-refractivity contribution in [2.24, 2.45) is 0 Å². The number of hydrogen-bond acceptors (Lipinski definition) is 2. The third-order valence-corrected chi connectivity index (χ3v) is 2.42. The molecule has 0 aromatic carbocycles. The van der Waals surface area contributed by atoms with E-state index in [-0.39, 0.29) is 5.57 Å². The van der Waals surface area contributed by atoms with Crippen LogP contribution in [0.1, 0.15) is 12.8 Å². The Balaban J connectivity index is 3.42. The molecular weight excluding hydrogens is 196 g/mol. The van der Waals surface area contributed by atoms with E-state index in [0.29, 0.717) is 0 Å². The predicted molar refractivity (Wildman–Crippen MR) is 64.0 cm³/mol. The van der Waals surface area contributed by atoms with E-state index < -0.39 is 0 Å². The highest BCUT2D eigenvalue weighted by Crippen LogP contribution is 2.37. The van der Waals surface area contributed by atoms with Crippen LogP contribution in [0.5, 0.6) is 0 Å². The van der Waals surface area contributed by atoms with E-state index in [1.165, 1.54) is 0 Å². The average Bonchev–Trinajstić information content (AvgIpc) is 2.66. The van der Waals surface area contributed by atoms with E-state index in [1.54, 1.807) is 12.2 Å². The lowest BCUT2D eigenvalue weighted by atomic mass is 10.0. The first-order valence-corrected chi connectivity index (χ1v) is 4.96. The van der Waals surface area contributed by atoms with Crippen LogP contribution in [-0.4, -0.2) is 0 Å². The van der Waals surface area contributed by atoms with Crippen LogP contribution >= 0.6 is 0 Å². The average molecular weight is 208 g/mol. The van der Waals surface area contributed by atoms with E-state index in [4.69, 9.17) is 10.5 Å². The SMILES string of the molecule is C=CC=C1CCC(=CC=C)C1=C(C#N)C#N. The Kier molecular flexibility index (Phi) is 4.07. The molecule has 1 rings (SSSR count). The lowest BCUT2D eigenvalue weighted by Crippen LogP contribution is -1.88. The minimum atomic E-state index is 0.165. The van der Waals surface area contributed by atoms with Gasteiger partial charge in [0.25, 0.3) is 0 Å². The van der Waals surface area contributed by atoms with Crippen molar-refractivity contribution in [3.63, 3.8) is 0 Å². The fourth-order valence-corrected chi connectivity index (χ4v) is 1.80. The van der Waals surface area contributed by atoms with Gasteiger partial charge in [-0.05, 0) is 24.0 Å². The Morgan fingerprint density at radius 2 is 1.44 bits per heavy atom. The van der Waals surface area contributed by atoms with E-state index in [9.17, 15) is 0 Å². The van der Waals surface area contributed by atoms with Gasteiger partial charge in [-0.1, -0.05) is 37.5 Å². The number of hydrogen-bond donors (Lipinski definition) is 0. The summed E-state index contributed by atoms with van der Waals surface area (Å²) < 4.78 is 0. The van der Waals surface area contributed by atoms with E-state index in [0.717, 1.165) is 29.6 Å². The largest absolute Gasteiger partial charge is 0.192 e. The van der Waals surface area contributed by atoms with Crippen LogP contribution in [0.3, 0.4) is 0 Å². The van der Waals surface area contributed by atoms with Gasteiger partial charge in [0.1, 0.15) is 17.7 Å². The summed E-state index contributed by atoms with van der Waals surface area (Å²) >= 11 is 0. The van der Waals surface area contributed by atoms with E-state index in [1.807, 2.05) is 24.3 Å². The molecule has 0 unspecified atom stereocenters. The summed E-state index contributed by atoms with van der Waals surface area (Å²) in [5.41, 5.74) is 2.92. The maximum atomic E-state index is 8.92. The Bertz CT molecular complexity index is 444. The summed E-state index contributed by atoms with van der Waals surface area (Å²) in [5.74, 6) is 0. The maximum Gasteiger partial charge on any atom is 0.137 e. The molecule has 16 heavy (non-hydrogen) atoms. The van der Waals surface area contributed by atoms with Gasteiger partial charge in [-0.3, -0.25) is 0 Å². The molecule has 0 N–H and O–H groups in total. The highest BCUT2D eigenvalue weighted by Gasteiger charge is 2.22. The monoisotopic (exact) mass is 208 g/mol. The lowest BCUT2D eigenvalue weighted by Gasteiger charge is -2.01. The van der Waals surface area contributed by atoms with Gasteiger partial charge in [0, 0.05) is 5.57 Å². The number of nitriles is 2. The van der Waals surface area contributed by atoms with Crippen molar-refractivity contribution in [2.45, 2.75) is 12.8 Å². The first-order chi connectivity index (χ1) is 7.78. The highest BCUT2D eigenvalue weighted by atomic mass is 14.3. The molecular formula is C14H12N2. The van der Waals surface area contributed by atoms with Gasteiger partial charge in [0.2, 0.25) is 0 Å². The van der Waals surface area contributed by atoms with Gasteiger partial charge in [-0.15, -0.1) is 0 Å². The van der Waals surface area contributed by atoms with Gasteiger partial charge in [0.15, 0.2) is 0 Å². The molecule has 2 nitrogen and oxygen atoms in total. The van der Waals surface area contributed by atoms with Gasteiger partial charge in [-0.2, -0.15) is 10.5 Å². The molecule has 0 atom stereocenters. The van der Waals surface area contributed by atoms with Crippen molar-refractivity contribution in [3.05, 3.63) is 59.8 Å². The Morgan fingerprint density at radius 3 is 1.75 bits per heavy atom. The van der Waals surface area contributed by atoms with Crippen molar-refractivity contribution < 1.29 is 0 Å². The maximum absolute atomic E-state index is 8.92. The summed E-state index contributed by atoms with van der Waals surface area (Å²) in [6.07, 6.45) is 8.75. The fraction of sp³-hybridized carbons (Fsp3) is 0.143. The van der Waals surface area contributed by atoms with E-state index >= 15 is 0 Å². The molecule has 1 aliphatic carbocycles. The van der Waals surface area contributed by atoms with Crippen molar-refractivity contribution in [1.82, 2.24) is 0 Å². The van der Waals surface area contributed by atoms with Gasteiger partial charge >= 0.3 is 0 Å². The summed E-state index contributed by atoms with van der Waals surface area (Å²) in [5, 5.41) is 17.8. The zero-order valence-electron chi connectivity index (χ0n) is 9.03. The van der Waals surface area contributed by atoms with Crippen LogP contribution in [0.4, 0.5) is 0 Å². The molecule has 0 spiro atoms. The van der Waals surface area contributed by atoms with Gasteiger partial charge in [0.05, 0.1) is 0 Å². The van der Waals surface area contributed by atoms with Crippen LogP contribution in [0.2, 0.25) is 0 Å². The van der Waals surface area contributed by atoms with Crippen molar-refractivity contribution >= 4 is 0 Å². The Labute approximate surface area is 95.8 Å². The van der Waals surface area contributed by atoms with Crippen molar-refractivity contribution in [2.75, 3.05) is 0 Å². The fourth-order valence-electron chi connectivity index (χ4n) is 1.80. The second-order valence-electron chi connectivity index (χ2n) is 3.33. The number of nitrogens with zero attached hydrogens (tertiary/aromatic N) is 2. The number of rotatable bonds is 2. The molecule has 1 saturated carbocycles. The summed E-state index contributed by atoms with van der Waals surface area (Å²) in [6, 6.07) is 3.88. The molecule has 1 fully saturated rings. The number of allylic oxidation sites excluding steroid dienone is 8. The van der Waals surface area contributed by atoms with Crippen molar-refractivity contribution in [1.29, 1.82) is 10.5 Å². The third kappa shape index (κ3) is 2.19. The molecule has 1 aliphatic rings. The lowest BCUT2D eigenvalue weighted by molar-refractivity contribution is 1.05. The normalized spacial score (nSPS) is 19.2. The minimum absolute atomic E-state index is 0.165. The van der Waals surface area contributed by atoms with Gasteiger partial charge < -0.3 is 0 Å². The van der Waals surface area contributed by atoms with Gasteiger partial charge in [-0.25, -0.2) is 0 Å². The van der Waals surface area contributed by atoms with Crippen LogP contribution in [0, 0.1) is 22.7 Å². The molecule has 0 aromatic heterocycles. The first kappa shape index (κ1) is 11.8. The molecule has 0 saturated heterocycles. The predicted octanol–water partition coefficient (Wildman–Crippen LogP) is 3.35. The summed E-state index contributed by atoms with van der Waals surface area (Å²) in [6.45, 7) is 7.27. The molecule has 0 aliphatic heterocycles. The molecule has 78 valence electrons. The minimum Gasteiger partial charge on any atom is -0.192 e. The smallest absolute Gasteiger partial charge is 0.137 e. The quantitative estimate of drug-likeness (QED) is 0.653. The second-order valence-corrected chi connectivity index (χ2v) is 3.33. The molecule has 0 amide bonds. The Morgan fingerprint density at radius 1 is 1.00 bits per heavy atom. The zero-order chi connectivity index (χ0) is 12.0. The molecule has 2 heteroatoms. The second kappa shape index (κ2) is 5.53. The van der Waals surface area contributed by atoms with Crippen LogP contribution in [0.25, 0.3) is 0 Å². The molecule has 0 radical (unpaired) electrons. The topological polar surface area (TPSA) is 47.6 Å². The molecule has 0 heterocycles. The highest BCUT2D eigenvalue weighted by molar-refractivity contribution is 5.62. The molecule has 0 aromatic rings. The van der Waals surface area contributed by atoms with Crippen LogP contribution in [0.15, 0.2) is 59.8 Å². The third-order valence-electron chi connectivity index (χ3n) is 2.42. The summed E-state index contributed by atoms with van der Waals surface area (Å²) in [7, 11) is 0. The Hall–Kier alpha value is -2.32. The standard InChI is InChI=1S/C14H12N2/c1-3-5-11-7-8-12(6-4-2)14(11)13(9-15)10-16/h3-6H,1-2,7-8H2. The first-order valence-electron chi connectivity index (χ1n) is 4.96. The summed E-state index contributed by atoms with van der Waals surface area (Å²) in [4.78, 5) is 0. The van der Waals surface area contributed by atoms with E-state index in [2.05, 4.69) is 13.2 Å². The van der Waals surface area contributed by atoms with Crippen LogP contribution < -0.4 is 0 Å².